The van der Waals surface area contributed by atoms with Gasteiger partial charge in [-0.15, -0.1) is 11.8 Å². The molecular weight excluding hydrogens is 444 g/mol. The second-order valence-corrected chi connectivity index (χ2v) is 8.69. The number of guanidine groups is 2. The number of carboxylic acids is 3. The molecule has 0 aromatic rings. The van der Waals surface area contributed by atoms with Crippen molar-refractivity contribution in [2.24, 2.45) is 38.8 Å². The van der Waals surface area contributed by atoms with Crippen LogP contribution in [0.25, 0.3) is 0 Å². The lowest BCUT2D eigenvalue weighted by molar-refractivity contribution is -0.148. The first kappa shape index (κ1) is 27.0. The fourth-order valence-electron chi connectivity index (χ4n) is 2.35. The molecule has 166 valence electrons. The van der Waals surface area contributed by atoms with Crippen molar-refractivity contribution in [2.75, 3.05) is 30.3 Å². The van der Waals surface area contributed by atoms with Crippen LogP contribution in [-0.2, 0) is 14.4 Å². The van der Waals surface area contributed by atoms with Crippen molar-refractivity contribution in [1.29, 1.82) is 0 Å². The standard InChI is InChI=1S/C14H26N6O6S3/c15-12(16)19-1-3-28-9(7(6-27)10(23)24)14(11(25)26,5-8(21)22)29-4-2-20-13(17)18/h7,9,27H,1-6H2,(H,21,22)(H,23,24)(H,25,26)(H4,15,16,19)(H4,17,18,20). The number of carboxylic acid groups (broad SMARTS) is 3. The summed E-state index contributed by atoms with van der Waals surface area (Å²) in [6.07, 6.45) is -0.813. The quantitative estimate of drug-likeness (QED) is 0.0577. The van der Waals surface area contributed by atoms with Crippen molar-refractivity contribution in [1.82, 2.24) is 0 Å². The highest BCUT2D eigenvalue weighted by Crippen LogP contribution is 2.43. The average molecular weight is 471 g/mol. The van der Waals surface area contributed by atoms with Gasteiger partial charge < -0.3 is 38.3 Å². The van der Waals surface area contributed by atoms with E-state index in [1.54, 1.807) is 0 Å². The zero-order chi connectivity index (χ0) is 22.6. The number of rotatable bonds is 15. The Kier molecular flexibility index (Phi) is 12.4. The first-order valence-corrected chi connectivity index (χ1v) is 10.8. The number of aliphatic carboxylic acids is 3. The highest BCUT2D eigenvalue weighted by atomic mass is 32.2. The summed E-state index contributed by atoms with van der Waals surface area (Å²) in [5, 5.41) is 27.7. The molecule has 0 rings (SSSR count). The molecule has 0 heterocycles. The van der Waals surface area contributed by atoms with Crippen LogP contribution in [0.5, 0.6) is 0 Å². The van der Waals surface area contributed by atoms with Crippen molar-refractivity contribution in [2.45, 2.75) is 16.4 Å². The fourth-order valence-corrected chi connectivity index (χ4v) is 5.84. The summed E-state index contributed by atoms with van der Waals surface area (Å²) in [7, 11) is 0. The van der Waals surface area contributed by atoms with Gasteiger partial charge in [-0.3, -0.25) is 24.4 Å². The van der Waals surface area contributed by atoms with Crippen molar-refractivity contribution in [3.8, 4) is 0 Å². The van der Waals surface area contributed by atoms with Gasteiger partial charge in [0.2, 0.25) is 0 Å². The molecule has 3 atom stereocenters. The number of hydrogen-bond acceptors (Lipinski definition) is 8. The normalized spacial score (nSPS) is 14.8. The molecule has 0 bridgehead atoms. The largest absolute Gasteiger partial charge is 0.481 e. The van der Waals surface area contributed by atoms with Crippen LogP contribution < -0.4 is 22.9 Å². The van der Waals surface area contributed by atoms with Crippen molar-refractivity contribution in [3.05, 3.63) is 0 Å². The van der Waals surface area contributed by atoms with E-state index in [1.807, 2.05) is 0 Å². The summed E-state index contributed by atoms with van der Waals surface area (Å²) < 4.78 is -1.97. The van der Waals surface area contributed by atoms with Crippen LogP contribution in [0.1, 0.15) is 6.42 Å². The topological polar surface area (TPSA) is 241 Å². The minimum absolute atomic E-state index is 0.0334. The SMILES string of the molecule is NC(N)=NCCSC(C(CS)C(=O)O)C(CC(=O)O)(SCCN=C(N)N)C(=O)O. The minimum Gasteiger partial charge on any atom is -0.481 e. The summed E-state index contributed by atoms with van der Waals surface area (Å²) in [6.45, 7) is 0.134. The summed E-state index contributed by atoms with van der Waals surface area (Å²) in [5.74, 6) is -5.72. The van der Waals surface area contributed by atoms with Crippen LogP contribution in [-0.4, -0.2) is 85.5 Å². The predicted octanol–water partition coefficient (Wildman–Crippen LogP) is -1.70. The molecular formula is C14H26N6O6S3. The van der Waals surface area contributed by atoms with E-state index < -0.39 is 40.2 Å². The molecule has 29 heavy (non-hydrogen) atoms. The zero-order valence-corrected chi connectivity index (χ0v) is 18.0. The van der Waals surface area contributed by atoms with Gasteiger partial charge in [0.15, 0.2) is 11.9 Å². The van der Waals surface area contributed by atoms with E-state index >= 15 is 0 Å². The minimum atomic E-state index is -1.97. The van der Waals surface area contributed by atoms with Gasteiger partial charge >= 0.3 is 17.9 Å². The Morgan fingerprint density at radius 2 is 1.48 bits per heavy atom. The van der Waals surface area contributed by atoms with Crippen LogP contribution in [0.4, 0.5) is 0 Å². The van der Waals surface area contributed by atoms with Gasteiger partial charge in [-0.2, -0.15) is 24.4 Å². The molecule has 3 unspecified atom stereocenters. The third-order valence-corrected chi connectivity index (χ3v) is 7.07. The maximum Gasteiger partial charge on any atom is 0.321 e. The Hall–Kier alpha value is -2.00. The number of nitrogens with zero attached hydrogens (tertiary/aromatic N) is 2. The predicted molar refractivity (Wildman–Crippen MR) is 118 cm³/mol. The Balaban J connectivity index is 6.00. The molecule has 0 spiro atoms. The molecule has 11 N–H and O–H groups in total. The van der Waals surface area contributed by atoms with Crippen LogP contribution in [0.2, 0.25) is 0 Å². The fraction of sp³-hybridized carbons (Fsp3) is 0.643. The second-order valence-electron chi connectivity index (χ2n) is 5.65. The molecule has 0 amide bonds. The van der Waals surface area contributed by atoms with E-state index in [9.17, 15) is 29.7 Å². The molecule has 0 aromatic carbocycles. The van der Waals surface area contributed by atoms with Crippen molar-refractivity contribution < 1.29 is 29.7 Å². The molecule has 12 nitrogen and oxygen atoms in total. The van der Waals surface area contributed by atoms with Crippen LogP contribution in [0, 0.1) is 5.92 Å². The Morgan fingerprint density at radius 1 is 0.966 bits per heavy atom. The van der Waals surface area contributed by atoms with Gasteiger partial charge in [-0.25, -0.2) is 0 Å². The number of nitrogens with two attached hydrogens (primary N) is 4. The van der Waals surface area contributed by atoms with Gasteiger partial charge in [0, 0.05) is 22.5 Å². The van der Waals surface area contributed by atoms with E-state index in [-0.39, 0.29) is 42.3 Å². The Morgan fingerprint density at radius 3 is 1.86 bits per heavy atom. The van der Waals surface area contributed by atoms with Crippen LogP contribution >= 0.6 is 36.2 Å². The van der Waals surface area contributed by atoms with E-state index in [4.69, 9.17) is 22.9 Å². The molecule has 0 aliphatic rings. The van der Waals surface area contributed by atoms with Gasteiger partial charge in [0.1, 0.15) is 4.75 Å². The van der Waals surface area contributed by atoms with Gasteiger partial charge in [0.25, 0.3) is 0 Å². The van der Waals surface area contributed by atoms with Crippen molar-refractivity contribution in [3.63, 3.8) is 0 Å². The summed E-state index contributed by atoms with van der Waals surface area (Å²) >= 11 is 5.78. The highest BCUT2D eigenvalue weighted by Gasteiger charge is 2.52. The van der Waals surface area contributed by atoms with E-state index in [2.05, 4.69) is 22.6 Å². The van der Waals surface area contributed by atoms with E-state index in [0.717, 1.165) is 23.5 Å². The second kappa shape index (κ2) is 13.3. The first-order chi connectivity index (χ1) is 13.5. The smallest absolute Gasteiger partial charge is 0.321 e. The number of thiol groups is 1. The molecule has 0 aliphatic heterocycles. The Bertz CT molecular complexity index is 641. The summed E-state index contributed by atoms with van der Waals surface area (Å²) in [5.41, 5.74) is 21.0. The third-order valence-electron chi connectivity index (χ3n) is 3.54. The monoisotopic (exact) mass is 470 g/mol. The molecule has 15 heteroatoms. The van der Waals surface area contributed by atoms with Crippen molar-refractivity contribution >= 4 is 66.0 Å². The number of carbonyl (C=O) groups is 3. The maximum atomic E-state index is 12.2. The summed E-state index contributed by atoms with van der Waals surface area (Å²) in [4.78, 5) is 43.0. The molecule has 0 aromatic heterocycles. The van der Waals surface area contributed by atoms with Gasteiger partial charge in [0.05, 0.1) is 25.4 Å². The summed E-state index contributed by atoms with van der Waals surface area (Å²) in [6, 6.07) is 0. The van der Waals surface area contributed by atoms with E-state index in [1.165, 1.54) is 0 Å². The average Bonchev–Trinajstić information content (AvgIpc) is 2.59. The molecule has 0 saturated heterocycles. The first-order valence-electron chi connectivity index (χ1n) is 8.13. The number of hydrogen-bond donors (Lipinski definition) is 8. The lowest BCUT2D eigenvalue weighted by atomic mass is 9.91. The highest BCUT2D eigenvalue weighted by molar-refractivity contribution is 8.05. The number of thioether (sulfide) groups is 2. The van der Waals surface area contributed by atoms with E-state index in [0.29, 0.717) is 0 Å². The van der Waals surface area contributed by atoms with Gasteiger partial charge in [-0.1, -0.05) is 0 Å². The third kappa shape index (κ3) is 9.36. The van der Waals surface area contributed by atoms with Gasteiger partial charge in [-0.05, 0) is 0 Å². The Labute approximate surface area is 181 Å². The molecule has 0 fully saturated rings. The lowest BCUT2D eigenvalue weighted by Crippen LogP contribution is -2.52. The zero-order valence-electron chi connectivity index (χ0n) is 15.4. The number of aliphatic imine (C=N–C) groups is 2. The molecule has 0 aliphatic carbocycles. The van der Waals surface area contributed by atoms with Crippen LogP contribution in [0.3, 0.4) is 0 Å². The lowest BCUT2D eigenvalue weighted by Gasteiger charge is -2.38. The molecule has 0 saturated carbocycles. The van der Waals surface area contributed by atoms with Crippen LogP contribution in [0.15, 0.2) is 9.98 Å². The maximum absolute atomic E-state index is 12.2. The molecule has 0 radical (unpaired) electrons.